The highest BCUT2D eigenvalue weighted by molar-refractivity contribution is 5.24. The van der Waals surface area contributed by atoms with E-state index in [2.05, 4.69) is 32.9 Å². The molecule has 0 unspecified atom stereocenters. The number of ether oxygens (including phenoxy) is 2. The largest absolute Gasteiger partial charge is 0.350 e. The van der Waals surface area contributed by atoms with Crippen molar-refractivity contribution in [3.8, 4) is 0 Å². The molecule has 0 fully saturated rings. The molecule has 2 heteroatoms. The van der Waals surface area contributed by atoms with E-state index in [1.54, 1.807) is 11.1 Å². The summed E-state index contributed by atoms with van der Waals surface area (Å²) < 4.78 is 12.9. The number of hydrogen-bond donors (Lipinski definition) is 0. The van der Waals surface area contributed by atoms with Crippen molar-refractivity contribution in [2.75, 3.05) is 13.2 Å². The number of rotatable bonds is 16. The Morgan fingerprint density at radius 2 is 1.27 bits per heavy atom. The van der Waals surface area contributed by atoms with Gasteiger partial charge in [-0.15, -0.1) is 0 Å². The first-order valence-corrected chi connectivity index (χ1v) is 13.4. The fourth-order valence-electron chi connectivity index (χ4n) is 5.45. The third-order valence-corrected chi connectivity index (χ3v) is 7.04. The normalized spacial score (nSPS) is 17.9. The Bertz CT molecular complexity index is 473. The van der Waals surface area contributed by atoms with Gasteiger partial charge in [0, 0.05) is 32.0 Å². The van der Waals surface area contributed by atoms with Crippen LogP contribution in [0.15, 0.2) is 23.3 Å². The van der Waals surface area contributed by atoms with Crippen molar-refractivity contribution < 1.29 is 9.47 Å². The maximum absolute atomic E-state index is 6.45. The summed E-state index contributed by atoms with van der Waals surface area (Å²) in [6.45, 7) is 8.03. The van der Waals surface area contributed by atoms with Crippen LogP contribution in [0, 0.1) is 5.92 Å². The molecule has 2 nitrogen and oxygen atoms in total. The lowest BCUT2D eigenvalue weighted by atomic mass is 9.76. The first-order chi connectivity index (χ1) is 14.7. The minimum atomic E-state index is -0.409. The van der Waals surface area contributed by atoms with Gasteiger partial charge in [-0.2, -0.15) is 0 Å². The molecule has 0 heterocycles. The van der Waals surface area contributed by atoms with Crippen LogP contribution < -0.4 is 0 Å². The molecule has 0 saturated heterocycles. The van der Waals surface area contributed by atoms with Gasteiger partial charge in [0.2, 0.25) is 0 Å². The number of unbranched alkanes of at least 4 members (excludes halogenated alkanes) is 6. The number of allylic oxidation sites excluding steroid dienone is 4. The lowest BCUT2D eigenvalue weighted by Gasteiger charge is -2.39. The van der Waals surface area contributed by atoms with Crippen molar-refractivity contribution in [1.29, 1.82) is 0 Å². The van der Waals surface area contributed by atoms with E-state index in [-0.39, 0.29) is 0 Å². The summed E-state index contributed by atoms with van der Waals surface area (Å²) in [5.74, 6) is 0.127. The molecule has 0 spiro atoms. The molecule has 0 bridgehead atoms. The lowest BCUT2D eigenvalue weighted by molar-refractivity contribution is -0.244. The van der Waals surface area contributed by atoms with Crippen LogP contribution in [0.3, 0.4) is 0 Å². The summed E-state index contributed by atoms with van der Waals surface area (Å²) in [5.41, 5.74) is 3.36. The van der Waals surface area contributed by atoms with E-state index in [0.29, 0.717) is 5.92 Å². The summed E-state index contributed by atoms with van der Waals surface area (Å²) in [4.78, 5) is 0. The van der Waals surface area contributed by atoms with Crippen LogP contribution in [0.4, 0.5) is 0 Å². The standard InChI is InChI=1S/C28H50O2/c1-4-7-8-9-10-11-18-23-28(29-5-2,30-6-3)24-27(25-19-14-12-15-20-25)26-21-16-13-17-22-26/h19,21,27H,4-18,20,22-24H2,1-3H3. The Labute approximate surface area is 187 Å². The van der Waals surface area contributed by atoms with E-state index in [4.69, 9.17) is 9.47 Å². The second-order valence-electron chi connectivity index (χ2n) is 9.45. The predicted molar refractivity (Wildman–Crippen MR) is 130 cm³/mol. The molecule has 0 amide bonds. The zero-order chi connectivity index (χ0) is 21.5. The van der Waals surface area contributed by atoms with E-state index in [1.165, 1.54) is 96.3 Å². The van der Waals surface area contributed by atoms with Gasteiger partial charge in [0.1, 0.15) is 0 Å². The third kappa shape index (κ3) is 8.87. The minimum Gasteiger partial charge on any atom is -0.350 e. The smallest absolute Gasteiger partial charge is 0.169 e. The molecule has 0 atom stereocenters. The maximum Gasteiger partial charge on any atom is 0.169 e. The van der Waals surface area contributed by atoms with Crippen LogP contribution in [0.5, 0.6) is 0 Å². The zero-order valence-corrected chi connectivity index (χ0v) is 20.5. The quantitative estimate of drug-likeness (QED) is 0.141. The van der Waals surface area contributed by atoms with Crippen LogP contribution in [-0.4, -0.2) is 19.0 Å². The Balaban J connectivity index is 2.07. The molecule has 2 aliphatic rings. The molecular weight excluding hydrogens is 368 g/mol. The first-order valence-electron chi connectivity index (χ1n) is 13.4. The molecule has 0 aromatic carbocycles. The monoisotopic (exact) mass is 418 g/mol. The van der Waals surface area contributed by atoms with Gasteiger partial charge in [-0.05, 0) is 71.6 Å². The molecule has 2 rings (SSSR count). The van der Waals surface area contributed by atoms with E-state index in [1.807, 2.05) is 0 Å². The fourth-order valence-corrected chi connectivity index (χ4v) is 5.45. The van der Waals surface area contributed by atoms with Gasteiger partial charge in [-0.25, -0.2) is 0 Å². The van der Waals surface area contributed by atoms with Crippen molar-refractivity contribution in [1.82, 2.24) is 0 Å². The van der Waals surface area contributed by atoms with Gasteiger partial charge in [0.25, 0.3) is 0 Å². The van der Waals surface area contributed by atoms with Gasteiger partial charge < -0.3 is 9.47 Å². The summed E-state index contributed by atoms with van der Waals surface area (Å²) in [7, 11) is 0. The molecule has 0 N–H and O–H groups in total. The number of hydrogen-bond acceptors (Lipinski definition) is 2. The Kier molecular flexibility index (Phi) is 13.0. The lowest BCUT2D eigenvalue weighted by Crippen LogP contribution is -2.39. The highest BCUT2D eigenvalue weighted by atomic mass is 16.7. The molecule has 0 saturated carbocycles. The highest BCUT2D eigenvalue weighted by Crippen LogP contribution is 2.41. The van der Waals surface area contributed by atoms with Crippen molar-refractivity contribution in [3.63, 3.8) is 0 Å². The molecule has 174 valence electrons. The Hall–Kier alpha value is -0.600. The summed E-state index contributed by atoms with van der Waals surface area (Å²) in [6.07, 6.45) is 27.0. The summed E-state index contributed by atoms with van der Waals surface area (Å²) in [6, 6.07) is 0. The molecule has 2 aliphatic carbocycles. The topological polar surface area (TPSA) is 18.5 Å². The van der Waals surface area contributed by atoms with Crippen LogP contribution in [0.1, 0.15) is 130 Å². The van der Waals surface area contributed by atoms with Gasteiger partial charge >= 0.3 is 0 Å². The molecular formula is C28H50O2. The molecule has 0 radical (unpaired) electrons. The van der Waals surface area contributed by atoms with Crippen LogP contribution in [-0.2, 0) is 9.47 Å². The minimum absolute atomic E-state index is 0.409. The van der Waals surface area contributed by atoms with Crippen LogP contribution in [0.2, 0.25) is 0 Å². The molecule has 30 heavy (non-hydrogen) atoms. The van der Waals surface area contributed by atoms with Crippen molar-refractivity contribution in [2.24, 2.45) is 5.92 Å². The average molecular weight is 419 g/mol. The average Bonchev–Trinajstić information content (AvgIpc) is 2.78. The second kappa shape index (κ2) is 15.2. The van der Waals surface area contributed by atoms with E-state index in [9.17, 15) is 0 Å². The fraction of sp³-hybridized carbons (Fsp3) is 0.857. The van der Waals surface area contributed by atoms with Crippen LogP contribution >= 0.6 is 0 Å². The maximum atomic E-state index is 6.45. The van der Waals surface area contributed by atoms with E-state index in [0.717, 1.165) is 26.1 Å². The van der Waals surface area contributed by atoms with E-state index >= 15 is 0 Å². The summed E-state index contributed by atoms with van der Waals surface area (Å²) in [5, 5.41) is 0. The Morgan fingerprint density at radius 3 is 1.73 bits per heavy atom. The van der Waals surface area contributed by atoms with Gasteiger partial charge in [0.15, 0.2) is 5.79 Å². The van der Waals surface area contributed by atoms with Gasteiger partial charge in [-0.3, -0.25) is 0 Å². The SMILES string of the molecule is CCCCCCCCCC(CC(C1=CCCCC1)C1=CCCCC1)(OCC)OCC. The van der Waals surface area contributed by atoms with Crippen molar-refractivity contribution in [2.45, 2.75) is 136 Å². The van der Waals surface area contributed by atoms with E-state index < -0.39 is 5.79 Å². The molecule has 0 aromatic heterocycles. The molecule has 0 aromatic rings. The predicted octanol–water partition coefficient (Wildman–Crippen LogP) is 8.90. The summed E-state index contributed by atoms with van der Waals surface area (Å²) >= 11 is 0. The van der Waals surface area contributed by atoms with Crippen molar-refractivity contribution in [3.05, 3.63) is 23.3 Å². The van der Waals surface area contributed by atoms with Gasteiger partial charge in [-0.1, -0.05) is 68.7 Å². The zero-order valence-electron chi connectivity index (χ0n) is 20.5. The third-order valence-electron chi connectivity index (χ3n) is 7.04. The Morgan fingerprint density at radius 1 is 0.733 bits per heavy atom. The second-order valence-corrected chi connectivity index (χ2v) is 9.45. The molecule has 0 aliphatic heterocycles. The van der Waals surface area contributed by atoms with Crippen LogP contribution in [0.25, 0.3) is 0 Å². The first kappa shape index (κ1) is 25.7. The van der Waals surface area contributed by atoms with Gasteiger partial charge in [0.05, 0.1) is 0 Å². The highest BCUT2D eigenvalue weighted by Gasteiger charge is 2.36. The van der Waals surface area contributed by atoms with Crippen molar-refractivity contribution >= 4 is 0 Å².